The minimum atomic E-state index is -4.54. The van der Waals surface area contributed by atoms with Gasteiger partial charge >= 0.3 is 17.9 Å². The fourth-order valence-corrected chi connectivity index (χ4v) is 9.62. The number of benzene rings is 6. The molecule has 2 saturated heterocycles. The highest BCUT2D eigenvalue weighted by atomic mass is 79.9. The summed E-state index contributed by atoms with van der Waals surface area (Å²) in [4.78, 5) is 4.85. The van der Waals surface area contributed by atoms with Crippen molar-refractivity contribution in [3.8, 4) is 34.4 Å². The van der Waals surface area contributed by atoms with Gasteiger partial charge in [-0.05, 0) is 173 Å². The first-order chi connectivity index (χ1) is 31.0. The summed E-state index contributed by atoms with van der Waals surface area (Å²) in [5.74, 6) is 0. The van der Waals surface area contributed by atoms with E-state index < -0.39 is 17.8 Å². The number of ether oxygens (including phenoxy) is 2. The Balaban J connectivity index is 1.05. The number of alkyl halides is 3. The fraction of sp³-hybridized carbons (Fsp3) is 0.296. The van der Waals surface area contributed by atoms with Gasteiger partial charge in [0.25, 0.3) is 0 Å². The summed E-state index contributed by atoms with van der Waals surface area (Å²) in [7, 11) is 0. The maximum absolute atomic E-state index is 14.4. The molecular formula is C54H51BrF3N4O2+. The lowest BCUT2D eigenvalue weighted by Gasteiger charge is -2.38. The standard InChI is InChI=1S/C54H51BrF3N4O2/c1-38(64-37-53(22-26-61-27-23-53)48-10-6-3-7-11-48)43-28-44(31-49(30-43)54(56,57)58)41-18-14-40(15-19-41)34-62-51-46(29-45(32-50(51)55)42-16-12-39(33-59)13-17-42)35-63-36-52(20-24-60-25-21-52)47-8-4-2-5-9-47/h2-19,28-32,38,60-61H,20-27,35-37H2,1H3/q+1/t38-/m1/s1. The van der Waals surface area contributed by atoms with Gasteiger partial charge in [0.05, 0.1) is 48.7 Å². The molecule has 0 aliphatic carbocycles. The van der Waals surface area contributed by atoms with Crippen LogP contribution >= 0.6 is 15.9 Å². The van der Waals surface area contributed by atoms with Crippen LogP contribution in [-0.2, 0) is 33.1 Å². The molecule has 6 aromatic carbocycles. The van der Waals surface area contributed by atoms with Crippen molar-refractivity contribution >= 4 is 21.6 Å². The zero-order valence-electron chi connectivity index (χ0n) is 35.9. The Morgan fingerprint density at radius 1 is 0.672 bits per heavy atom. The Kier molecular flexibility index (Phi) is 14.1. The molecule has 10 heteroatoms. The zero-order chi connectivity index (χ0) is 44.6. The van der Waals surface area contributed by atoms with Crippen LogP contribution in [-0.4, -0.2) is 39.4 Å². The van der Waals surface area contributed by atoms with Crippen LogP contribution in [0, 0.1) is 17.4 Å². The van der Waals surface area contributed by atoms with Gasteiger partial charge in [-0.1, -0.05) is 84.9 Å². The van der Waals surface area contributed by atoms with Gasteiger partial charge in [-0.25, -0.2) is 0 Å². The fourth-order valence-electron chi connectivity index (χ4n) is 9.03. The molecule has 0 aromatic heterocycles. The van der Waals surface area contributed by atoms with Crippen LogP contribution in [0.15, 0.2) is 144 Å². The van der Waals surface area contributed by atoms with Crippen molar-refractivity contribution in [3.63, 3.8) is 0 Å². The van der Waals surface area contributed by atoms with Gasteiger partial charge in [-0.15, -0.1) is 0 Å². The quantitative estimate of drug-likeness (QED) is 0.128. The summed E-state index contributed by atoms with van der Waals surface area (Å²) in [6.07, 6.45) is -1.42. The third-order valence-corrected chi connectivity index (χ3v) is 13.5. The second kappa shape index (κ2) is 20.1. The van der Waals surface area contributed by atoms with E-state index in [1.807, 2.05) is 61.5 Å². The third-order valence-electron chi connectivity index (χ3n) is 12.9. The monoisotopic (exact) mass is 923 g/mol. The number of rotatable bonds is 12. The Morgan fingerprint density at radius 3 is 1.75 bits per heavy atom. The van der Waals surface area contributed by atoms with Gasteiger partial charge in [0.15, 0.2) is 0 Å². The number of halogens is 4. The summed E-state index contributed by atoms with van der Waals surface area (Å²) in [5.41, 5.74) is 7.63. The lowest BCUT2D eigenvalue weighted by atomic mass is 9.74. The van der Waals surface area contributed by atoms with Crippen LogP contribution < -0.4 is 10.6 Å². The first-order valence-corrected chi connectivity index (χ1v) is 22.7. The molecule has 6 aromatic rings. The van der Waals surface area contributed by atoms with Crippen molar-refractivity contribution < 1.29 is 22.6 Å². The van der Waals surface area contributed by atoms with Gasteiger partial charge in [0.2, 0.25) is 0 Å². The second-order valence-electron chi connectivity index (χ2n) is 17.0. The smallest absolute Gasteiger partial charge is 0.376 e. The van der Waals surface area contributed by atoms with E-state index in [2.05, 4.69) is 81.2 Å². The lowest BCUT2D eigenvalue weighted by molar-refractivity contribution is -0.137. The number of piperidine rings is 2. The Hall–Kier alpha value is -5.59. The predicted molar refractivity (Wildman–Crippen MR) is 252 cm³/mol. The highest BCUT2D eigenvalue weighted by Gasteiger charge is 2.37. The van der Waals surface area contributed by atoms with Crippen molar-refractivity contribution in [2.24, 2.45) is 0 Å². The van der Waals surface area contributed by atoms with E-state index in [4.69, 9.17) is 14.3 Å². The van der Waals surface area contributed by atoms with Gasteiger partial charge in [0, 0.05) is 10.8 Å². The van der Waals surface area contributed by atoms with Gasteiger partial charge in [-0.2, -0.15) is 18.4 Å². The average Bonchev–Trinajstić information content (AvgIpc) is 3.34. The zero-order valence-corrected chi connectivity index (χ0v) is 37.4. The molecule has 2 fully saturated rings. The van der Waals surface area contributed by atoms with Crippen LogP contribution in [0.25, 0.3) is 27.1 Å². The maximum atomic E-state index is 14.4. The normalized spacial score (nSPS) is 16.2. The summed E-state index contributed by atoms with van der Waals surface area (Å²) in [6.45, 7) is 6.61. The summed E-state index contributed by atoms with van der Waals surface area (Å²) >= 11 is 3.79. The molecule has 6 nitrogen and oxygen atoms in total. The molecule has 8 rings (SSSR count). The van der Waals surface area contributed by atoms with Crippen molar-refractivity contribution in [3.05, 3.63) is 188 Å². The molecule has 2 aliphatic heterocycles. The molecule has 0 bridgehead atoms. The molecule has 0 amide bonds. The van der Waals surface area contributed by atoms with E-state index in [0.717, 1.165) is 73.0 Å². The van der Waals surface area contributed by atoms with Gasteiger partial charge in [-0.3, -0.25) is 0 Å². The molecule has 0 radical (unpaired) electrons. The van der Waals surface area contributed by atoms with E-state index in [-0.39, 0.29) is 10.8 Å². The SMILES string of the molecule is C[C@@H](OCC1(c2ccccc2)CCNCC1)c1cc(-c2ccc(C#[N+]c3c(Br)cc(-c4ccc(C#N)cc4)cc3COCC3(c4ccccc4)CCNCC3)cc2)cc(C(F)(F)F)c1. The van der Waals surface area contributed by atoms with Crippen molar-refractivity contribution in [1.82, 2.24) is 10.6 Å². The summed E-state index contributed by atoms with van der Waals surface area (Å²) in [6, 6.07) is 49.2. The van der Waals surface area contributed by atoms with Gasteiger partial charge in [0.1, 0.15) is 10.0 Å². The van der Waals surface area contributed by atoms with E-state index in [1.54, 1.807) is 30.3 Å². The Labute approximate surface area is 382 Å². The predicted octanol–water partition coefficient (Wildman–Crippen LogP) is 12.9. The molecule has 2 N–H and O–H groups in total. The topological polar surface area (TPSA) is 70.7 Å². The molecule has 0 saturated carbocycles. The average molecular weight is 925 g/mol. The van der Waals surface area contributed by atoms with Crippen LogP contribution in [0.4, 0.5) is 18.9 Å². The Bertz CT molecular complexity index is 2630. The lowest BCUT2D eigenvalue weighted by Crippen LogP contribution is -2.43. The number of hydrogen-bond donors (Lipinski definition) is 2. The highest BCUT2D eigenvalue weighted by molar-refractivity contribution is 9.10. The first kappa shape index (κ1) is 45.0. The number of nitrogens with one attached hydrogen (secondary N) is 2. The van der Waals surface area contributed by atoms with Gasteiger partial charge < -0.3 is 20.1 Å². The number of hydrogen-bond acceptors (Lipinski definition) is 5. The summed E-state index contributed by atoms with van der Waals surface area (Å²) in [5, 5.41) is 16.3. The highest BCUT2D eigenvalue weighted by Crippen LogP contribution is 2.40. The molecule has 2 heterocycles. The molecule has 64 heavy (non-hydrogen) atoms. The van der Waals surface area contributed by atoms with Crippen LogP contribution in [0.1, 0.15) is 77.7 Å². The van der Waals surface area contributed by atoms with Crippen molar-refractivity contribution in [2.75, 3.05) is 39.4 Å². The molecule has 1 atom stereocenters. The summed E-state index contributed by atoms with van der Waals surface area (Å²) < 4.78 is 57.0. The van der Waals surface area contributed by atoms with E-state index in [9.17, 15) is 18.4 Å². The van der Waals surface area contributed by atoms with Crippen LogP contribution in [0.2, 0.25) is 0 Å². The first-order valence-electron chi connectivity index (χ1n) is 21.9. The van der Waals surface area contributed by atoms with E-state index in [1.165, 1.54) is 23.3 Å². The molecule has 0 unspecified atom stereocenters. The number of nitriles is 1. The van der Waals surface area contributed by atoms with Crippen molar-refractivity contribution in [1.29, 1.82) is 5.26 Å². The van der Waals surface area contributed by atoms with E-state index >= 15 is 0 Å². The minimum Gasteiger partial charge on any atom is -0.376 e. The maximum Gasteiger partial charge on any atom is 0.416 e. The molecule has 0 spiro atoms. The molecule has 326 valence electrons. The third kappa shape index (κ3) is 10.5. The van der Waals surface area contributed by atoms with E-state index in [0.29, 0.717) is 53.3 Å². The Morgan fingerprint density at radius 2 is 1.20 bits per heavy atom. The van der Waals surface area contributed by atoms with Crippen LogP contribution in [0.3, 0.4) is 0 Å². The largest absolute Gasteiger partial charge is 0.416 e. The van der Waals surface area contributed by atoms with Crippen LogP contribution in [0.5, 0.6) is 0 Å². The van der Waals surface area contributed by atoms with Crippen molar-refractivity contribution in [2.45, 2.75) is 62.3 Å². The minimum absolute atomic E-state index is 0.116. The molecule has 2 aliphatic rings. The molecular weight excluding hydrogens is 874 g/mol. The number of nitrogens with zero attached hydrogens (tertiary/aromatic N) is 2. The second-order valence-corrected chi connectivity index (χ2v) is 17.9.